The Kier molecular flexibility index (Phi) is 4.39. The second-order valence-electron chi connectivity index (χ2n) is 4.71. The van der Waals surface area contributed by atoms with Gasteiger partial charge in [0.25, 0.3) is 5.91 Å². The molecule has 19 heavy (non-hydrogen) atoms. The second kappa shape index (κ2) is 6.04. The largest absolute Gasteiger partial charge is 0.482 e. The van der Waals surface area contributed by atoms with Gasteiger partial charge >= 0.3 is 0 Å². The molecule has 0 aliphatic carbocycles. The Morgan fingerprint density at radius 1 is 1.53 bits per heavy atom. The van der Waals surface area contributed by atoms with Crippen molar-refractivity contribution >= 4 is 11.6 Å². The molecule has 1 amide bonds. The molecule has 1 aromatic rings. The molecule has 0 radical (unpaired) electrons. The van der Waals surface area contributed by atoms with Crippen LogP contribution in [0.5, 0.6) is 5.75 Å². The highest BCUT2D eigenvalue weighted by molar-refractivity contribution is 5.95. The van der Waals surface area contributed by atoms with Crippen LogP contribution in [-0.2, 0) is 4.79 Å². The van der Waals surface area contributed by atoms with Gasteiger partial charge in [0.1, 0.15) is 5.75 Å². The van der Waals surface area contributed by atoms with Crippen LogP contribution in [0.3, 0.4) is 0 Å². The predicted molar refractivity (Wildman–Crippen MR) is 73.2 cm³/mol. The Labute approximate surface area is 113 Å². The van der Waals surface area contributed by atoms with Crippen LogP contribution in [0.4, 0.5) is 5.69 Å². The number of fused-ring (bicyclic) bond motifs is 1. The lowest BCUT2D eigenvalue weighted by molar-refractivity contribution is -0.118. The van der Waals surface area contributed by atoms with Crippen molar-refractivity contribution in [2.75, 3.05) is 25.6 Å². The van der Waals surface area contributed by atoms with E-state index in [-0.39, 0.29) is 31.1 Å². The third-order valence-corrected chi connectivity index (χ3v) is 3.54. The highest BCUT2D eigenvalue weighted by atomic mass is 16.5. The molecule has 1 aromatic carbocycles. The molecule has 2 unspecified atom stereocenters. The minimum absolute atomic E-state index is 0.0547. The van der Waals surface area contributed by atoms with E-state index in [1.54, 1.807) is 0 Å². The maximum absolute atomic E-state index is 11.3. The number of nitrogens with one attached hydrogen (secondary N) is 2. The molecular formula is C14H20N2O3. The van der Waals surface area contributed by atoms with Crippen LogP contribution in [0.25, 0.3) is 0 Å². The Balaban J connectivity index is 2.29. The summed E-state index contributed by atoms with van der Waals surface area (Å²) in [7, 11) is 1.87. The molecular weight excluding hydrogens is 244 g/mol. The molecule has 0 spiro atoms. The summed E-state index contributed by atoms with van der Waals surface area (Å²) in [5.41, 5.74) is 1.73. The van der Waals surface area contributed by atoms with Gasteiger partial charge in [-0.3, -0.25) is 4.79 Å². The van der Waals surface area contributed by atoms with Crippen molar-refractivity contribution in [1.29, 1.82) is 0 Å². The molecule has 104 valence electrons. The zero-order valence-electron chi connectivity index (χ0n) is 11.3. The van der Waals surface area contributed by atoms with Gasteiger partial charge in [-0.25, -0.2) is 0 Å². The van der Waals surface area contributed by atoms with E-state index in [4.69, 9.17) is 4.74 Å². The van der Waals surface area contributed by atoms with Gasteiger partial charge in [-0.1, -0.05) is 13.0 Å². The summed E-state index contributed by atoms with van der Waals surface area (Å²) in [6.07, 6.45) is 0.877. The van der Waals surface area contributed by atoms with Crippen molar-refractivity contribution in [3.8, 4) is 5.75 Å². The zero-order valence-corrected chi connectivity index (χ0v) is 11.3. The molecule has 5 nitrogen and oxygen atoms in total. The van der Waals surface area contributed by atoms with Crippen LogP contribution in [0.2, 0.25) is 0 Å². The van der Waals surface area contributed by atoms with E-state index >= 15 is 0 Å². The van der Waals surface area contributed by atoms with Gasteiger partial charge in [0.2, 0.25) is 0 Å². The number of rotatable bonds is 5. The molecule has 0 bridgehead atoms. The molecule has 0 fully saturated rings. The first-order valence-corrected chi connectivity index (χ1v) is 6.54. The van der Waals surface area contributed by atoms with Crippen molar-refractivity contribution in [3.05, 3.63) is 23.8 Å². The number of hydrogen-bond donors (Lipinski definition) is 3. The molecule has 0 saturated heterocycles. The highest BCUT2D eigenvalue weighted by Gasteiger charge is 2.22. The quantitative estimate of drug-likeness (QED) is 0.749. The van der Waals surface area contributed by atoms with Crippen molar-refractivity contribution in [2.45, 2.75) is 19.4 Å². The van der Waals surface area contributed by atoms with Crippen LogP contribution in [-0.4, -0.2) is 31.3 Å². The summed E-state index contributed by atoms with van der Waals surface area (Å²) in [5.74, 6) is 0.693. The maximum atomic E-state index is 11.3. The number of anilines is 1. The summed E-state index contributed by atoms with van der Waals surface area (Å²) >= 11 is 0. The number of aliphatic hydroxyl groups excluding tert-OH is 1. The first-order valence-electron chi connectivity index (χ1n) is 6.54. The number of hydrogen-bond acceptors (Lipinski definition) is 4. The van der Waals surface area contributed by atoms with Gasteiger partial charge in [0.05, 0.1) is 5.69 Å². The lowest BCUT2D eigenvalue weighted by Gasteiger charge is -2.26. The maximum Gasteiger partial charge on any atom is 0.262 e. The number of carbonyl (C=O) groups excluding carboxylic acids is 1. The summed E-state index contributed by atoms with van der Waals surface area (Å²) in [6.45, 7) is 2.24. The van der Waals surface area contributed by atoms with Gasteiger partial charge in [-0.05, 0) is 31.2 Å². The molecule has 2 atom stereocenters. The monoisotopic (exact) mass is 264 g/mol. The average Bonchev–Trinajstić information content (AvgIpc) is 2.43. The van der Waals surface area contributed by atoms with E-state index in [0.717, 1.165) is 12.0 Å². The van der Waals surface area contributed by atoms with E-state index in [9.17, 15) is 9.90 Å². The van der Waals surface area contributed by atoms with E-state index in [0.29, 0.717) is 11.4 Å². The van der Waals surface area contributed by atoms with Crippen LogP contribution in [0.1, 0.15) is 24.9 Å². The lowest BCUT2D eigenvalue weighted by Crippen LogP contribution is -2.29. The predicted octanol–water partition coefficient (Wildman–Crippen LogP) is 1.30. The Hall–Kier alpha value is -1.59. The minimum Gasteiger partial charge on any atom is -0.482 e. The van der Waals surface area contributed by atoms with Crippen molar-refractivity contribution in [3.63, 3.8) is 0 Å². The Morgan fingerprint density at radius 3 is 2.95 bits per heavy atom. The number of carbonyl (C=O) groups is 1. The van der Waals surface area contributed by atoms with Crippen molar-refractivity contribution in [2.24, 2.45) is 5.92 Å². The summed E-state index contributed by atoms with van der Waals surface area (Å²) in [5, 5.41) is 15.5. The fraction of sp³-hybridized carbons (Fsp3) is 0.500. The van der Waals surface area contributed by atoms with Crippen LogP contribution < -0.4 is 15.4 Å². The van der Waals surface area contributed by atoms with E-state index in [1.165, 1.54) is 0 Å². The van der Waals surface area contributed by atoms with E-state index < -0.39 is 0 Å². The van der Waals surface area contributed by atoms with Gasteiger partial charge in [0.15, 0.2) is 6.61 Å². The smallest absolute Gasteiger partial charge is 0.262 e. The SMILES string of the molecule is CCC(CO)C(NC)c1ccc2c(c1)NC(=O)CO2. The Morgan fingerprint density at radius 2 is 2.32 bits per heavy atom. The number of aliphatic hydroxyl groups is 1. The lowest BCUT2D eigenvalue weighted by atomic mass is 9.91. The molecule has 0 saturated carbocycles. The summed E-state index contributed by atoms with van der Waals surface area (Å²) < 4.78 is 5.34. The Bertz CT molecular complexity index is 458. The third-order valence-electron chi connectivity index (χ3n) is 3.54. The van der Waals surface area contributed by atoms with Crippen molar-refractivity contribution < 1.29 is 14.6 Å². The third kappa shape index (κ3) is 2.88. The topological polar surface area (TPSA) is 70.6 Å². The molecule has 1 aliphatic rings. The fourth-order valence-corrected chi connectivity index (χ4v) is 2.44. The molecule has 2 rings (SSSR count). The first kappa shape index (κ1) is 13.8. The average molecular weight is 264 g/mol. The van der Waals surface area contributed by atoms with Gasteiger partial charge in [-0.15, -0.1) is 0 Å². The minimum atomic E-state index is -0.139. The van der Waals surface area contributed by atoms with E-state index in [1.807, 2.05) is 25.2 Å². The highest BCUT2D eigenvalue weighted by Crippen LogP contribution is 2.33. The number of ether oxygens (including phenoxy) is 1. The van der Waals surface area contributed by atoms with Crippen LogP contribution in [0.15, 0.2) is 18.2 Å². The zero-order chi connectivity index (χ0) is 13.8. The molecule has 3 N–H and O–H groups in total. The standard InChI is InChI=1S/C14H20N2O3/c1-3-9(7-17)14(15-2)10-4-5-12-11(6-10)16-13(18)8-19-12/h4-6,9,14-15,17H,3,7-8H2,1-2H3,(H,16,18). The molecule has 1 aliphatic heterocycles. The normalized spacial score (nSPS) is 17.1. The van der Waals surface area contributed by atoms with Gasteiger partial charge in [-0.2, -0.15) is 0 Å². The van der Waals surface area contributed by atoms with Gasteiger partial charge < -0.3 is 20.5 Å². The summed E-state index contributed by atoms with van der Waals surface area (Å²) in [4.78, 5) is 11.3. The number of benzene rings is 1. The van der Waals surface area contributed by atoms with Crippen LogP contribution in [0, 0.1) is 5.92 Å². The van der Waals surface area contributed by atoms with E-state index in [2.05, 4.69) is 17.6 Å². The van der Waals surface area contributed by atoms with Gasteiger partial charge in [0, 0.05) is 18.6 Å². The van der Waals surface area contributed by atoms with Crippen LogP contribution >= 0.6 is 0 Å². The molecule has 0 aromatic heterocycles. The number of amides is 1. The second-order valence-corrected chi connectivity index (χ2v) is 4.71. The van der Waals surface area contributed by atoms with Crippen molar-refractivity contribution in [1.82, 2.24) is 5.32 Å². The fourth-order valence-electron chi connectivity index (χ4n) is 2.44. The summed E-state index contributed by atoms with van der Waals surface area (Å²) in [6, 6.07) is 5.79. The first-order chi connectivity index (χ1) is 9.19. The molecule has 5 heteroatoms. The molecule has 1 heterocycles.